The maximum Gasteiger partial charge on any atom is 0.323 e. The highest BCUT2D eigenvalue weighted by Crippen LogP contribution is 2.28. The number of aromatic nitrogens is 2. The third-order valence-corrected chi connectivity index (χ3v) is 5.59. The van der Waals surface area contributed by atoms with Crippen molar-refractivity contribution in [2.24, 2.45) is 0 Å². The van der Waals surface area contributed by atoms with Gasteiger partial charge in [-0.3, -0.25) is 5.32 Å². The van der Waals surface area contributed by atoms with Gasteiger partial charge in [-0.05, 0) is 56.0 Å². The quantitative estimate of drug-likeness (QED) is 0.670. The van der Waals surface area contributed by atoms with Crippen molar-refractivity contribution in [3.63, 3.8) is 0 Å². The van der Waals surface area contributed by atoms with E-state index in [9.17, 15) is 9.18 Å². The molecule has 0 bridgehead atoms. The smallest absolute Gasteiger partial charge is 0.323 e. The average molecular weight is 430 g/mol. The number of hydrogen-bond donors (Lipinski definition) is 1. The van der Waals surface area contributed by atoms with E-state index in [1.807, 2.05) is 38.3 Å². The Balaban J connectivity index is 1.45. The summed E-state index contributed by atoms with van der Waals surface area (Å²) < 4.78 is 19.5. The van der Waals surface area contributed by atoms with Crippen molar-refractivity contribution in [3.8, 4) is 5.88 Å². The van der Waals surface area contributed by atoms with Gasteiger partial charge in [-0.15, -0.1) is 11.3 Å². The largest absolute Gasteiger partial charge is 0.472 e. The number of amides is 2. The summed E-state index contributed by atoms with van der Waals surface area (Å²) in [6, 6.07) is 6.63. The summed E-state index contributed by atoms with van der Waals surface area (Å²) in [5.74, 6) is 0.398. The monoisotopic (exact) mass is 429 g/mol. The van der Waals surface area contributed by atoms with E-state index in [0.717, 1.165) is 21.6 Å². The van der Waals surface area contributed by atoms with Crippen LogP contribution < -0.4 is 15.0 Å². The number of benzene rings is 1. The Bertz CT molecular complexity index is 1040. The lowest BCUT2D eigenvalue weighted by Crippen LogP contribution is -2.50. The van der Waals surface area contributed by atoms with Crippen LogP contribution >= 0.6 is 11.3 Å². The second-order valence-corrected chi connectivity index (χ2v) is 8.44. The van der Waals surface area contributed by atoms with Gasteiger partial charge in [-0.1, -0.05) is 0 Å². The van der Waals surface area contributed by atoms with E-state index in [4.69, 9.17) is 4.74 Å². The second kappa shape index (κ2) is 8.43. The first-order valence-electron chi connectivity index (χ1n) is 9.89. The molecule has 158 valence electrons. The molecule has 1 saturated heterocycles. The predicted octanol–water partition coefficient (Wildman–Crippen LogP) is 4.28. The number of fused-ring (bicyclic) bond motifs is 1. The third kappa shape index (κ3) is 4.46. The molecule has 0 spiro atoms. The lowest BCUT2D eigenvalue weighted by Gasteiger charge is -2.36. The highest BCUT2D eigenvalue weighted by Gasteiger charge is 2.24. The Morgan fingerprint density at radius 3 is 2.67 bits per heavy atom. The maximum atomic E-state index is 13.7. The molecule has 9 heteroatoms. The van der Waals surface area contributed by atoms with Crippen LogP contribution in [0, 0.1) is 12.7 Å². The number of piperazine rings is 1. The van der Waals surface area contributed by atoms with Crippen molar-refractivity contribution < 1.29 is 13.9 Å². The topological polar surface area (TPSA) is 70.6 Å². The lowest BCUT2D eigenvalue weighted by atomic mass is 10.2. The van der Waals surface area contributed by atoms with E-state index < -0.39 is 0 Å². The third-order valence-electron chi connectivity index (χ3n) is 4.79. The standard InChI is InChI=1S/C21H24FN5O2S/c1-13(2)29-19-18(24-20-17(23-19)4-9-30-20)25-21(28)27-7-5-26(6-8-27)16-11-14(3)10-15(22)12-16/h4,9-13H,5-8H2,1-3H3,(H,24,25,28). The van der Waals surface area contributed by atoms with Crippen molar-refractivity contribution in [1.29, 1.82) is 0 Å². The number of carbonyl (C=O) groups is 1. The molecule has 0 radical (unpaired) electrons. The second-order valence-electron chi connectivity index (χ2n) is 7.55. The van der Waals surface area contributed by atoms with E-state index in [0.29, 0.717) is 37.9 Å². The van der Waals surface area contributed by atoms with Gasteiger partial charge in [-0.25, -0.2) is 19.2 Å². The van der Waals surface area contributed by atoms with Gasteiger partial charge in [0.1, 0.15) is 16.2 Å². The van der Waals surface area contributed by atoms with Crippen LogP contribution in [-0.4, -0.2) is 53.2 Å². The average Bonchev–Trinajstić information content (AvgIpc) is 3.14. The number of aryl methyl sites for hydroxylation is 1. The van der Waals surface area contributed by atoms with E-state index in [1.54, 1.807) is 4.90 Å². The molecule has 2 amide bonds. The van der Waals surface area contributed by atoms with E-state index >= 15 is 0 Å². The van der Waals surface area contributed by atoms with Crippen LogP contribution in [0.4, 0.5) is 20.7 Å². The molecule has 1 aromatic carbocycles. The number of hydrogen-bond acceptors (Lipinski definition) is 6. The van der Waals surface area contributed by atoms with Gasteiger partial charge in [0.05, 0.1) is 6.10 Å². The van der Waals surface area contributed by atoms with Gasteiger partial charge >= 0.3 is 6.03 Å². The minimum Gasteiger partial charge on any atom is -0.472 e. The van der Waals surface area contributed by atoms with Crippen LogP contribution in [0.2, 0.25) is 0 Å². The summed E-state index contributed by atoms with van der Waals surface area (Å²) in [5, 5.41) is 4.76. The number of urea groups is 1. The van der Waals surface area contributed by atoms with Gasteiger partial charge in [0.25, 0.3) is 5.88 Å². The van der Waals surface area contributed by atoms with Crippen LogP contribution in [0.3, 0.4) is 0 Å². The number of ether oxygens (including phenoxy) is 1. The minimum atomic E-state index is -0.246. The van der Waals surface area contributed by atoms with Crippen molar-refractivity contribution in [2.75, 3.05) is 36.4 Å². The number of nitrogens with one attached hydrogen (secondary N) is 1. The van der Waals surface area contributed by atoms with Crippen LogP contribution in [0.25, 0.3) is 10.3 Å². The van der Waals surface area contributed by atoms with Gasteiger partial charge in [0.2, 0.25) is 0 Å². The fourth-order valence-electron chi connectivity index (χ4n) is 3.41. The van der Waals surface area contributed by atoms with E-state index in [1.165, 1.54) is 23.5 Å². The fraction of sp³-hybridized carbons (Fsp3) is 0.381. The molecule has 3 aromatic rings. The molecule has 1 aliphatic heterocycles. The van der Waals surface area contributed by atoms with Crippen molar-refractivity contribution in [1.82, 2.24) is 14.9 Å². The molecular formula is C21H24FN5O2S. The molecule has 2 aromatic heterocycles. The zero-order chi connectivity index (χ0) is 21.3. The number of halogens is 1. The summed E-state index contributed by atoms with van der Waals surface area (Å²) in [7, 11) is 0. The molecule has 3 heterocycles. The Morgan fingerprint density at radius 2 is 1.97 bits per heavy atom. The molecule has 1 N–H and O–H groups in total. The van der Waals surface area contributed by atoms with Gasteiger partial charge in [0.15, 0.2) is 5.82 Å². The first-order valence-corrected chi connectivity index (χ1v) is 10.8. The molecular weight excluding hydrogens is 405 g/mol. The Kier molecular flexibility index (Phi) is 5.72. The molecule has 0 aliphatic carbocycles. The number of nitrogens with zero attached hydrogens (tertiary/aromatic N) is 4. The number of rotatable bonds is 4. The number of carbonyl (C=O) groups excluding carboxylic acids is 1. The fourth-order valence-corrected chi connectivity index (χ4v) is 4.11. The highest BCUT2D eigenvalue weighted by atomic mass is 32.1. The molecule has 7 nitrogen and oxygen atoms in total. The SMILES string of the molecule is Cc1cc(F)cc(N2CCN(C(=O)Nc3nc4sccc4nc3OC(C)C)CC2)c1. The first kappa shape index (κ1) is 20.3. The molecule has 0 atom stereocenters. The predicted molar refractivity (Wildman–Crippen MR) is 117 cm³/mol. The van der Waals surface area contributed by atoms with Crippen LogP contribution in [-0.2, 0) is 0 Å². The summed E-state index contributed by atoms with van der Waals surface area (Å²) in [5.41, 5.74) is 2.47. The summed E-state index contributed by atoms with van der Waals surface area (Å²) >= 11 is 1.46. The summed E-state index contributed by atoms with van der Waals surface area (Å²) in [6.45, 7) is 7.98. The van der Waals surface area contributed by atoms with Crippen LogP contribution in [0.5, 0.6) is 5.88 Å². The zero-order valence-electron chi connectivity index (χ0n) is 17.2. The molecule has 4 rings (SSSR count). The molecule has 30 heavy (non-hydrogen) atoms. The Morgan fingerprint density at radius 1 is 1.20 bits per heavy atom. The number of anilines is 2. The Hall–Kier alpha value is -2.94. The minimum absolute atomic E-state index is 0.0932. The van der Waals surface area contributed by atoms with Crippen LogP contribution in [0.1, 0.15) is 19.4 Å². The van der Waals surface area contributed by atoms with Gasteiger partial charge < -0.3 is 14.5 Å². The first-order chi connectivity index (χ1) is 14.4. The summed E-state index contributed by atoms with van der Waals surface area (Å²) in [4.78, 5) is 26.4. The Labute approximate surface area is 178 Å². The zero-order valence-corrected chi connectivity index (χ0v) is 18.0. The van der Waals surface area contributed by atoms with Gasteiger partial charge in [-0.2, -0.15) is 0 Å². The van der Waals surface area contributed by atoms with Crippen molar-refractivity contribution in [3.05, 3.63) is 41.0 Å². The lowest BCUT2D eigenvalue weighted by molar-refractivity contribution is 0.207. The number of thiophene rings is 1. The maximum absolute atomic E-state index is 13.7. The molecule has 1 aliphatic rings. The van der Waals surface area contributed by atoms with Gasteiger partial charge in [0, 0.05) is 31.9 Å². The van der Waals surface area contributed by atoms with E-state index in [2.05, 4.69) is 20.2 Å². The van der Waals surface area contributed by atoms with E-state index in [-0.39, 0.29) is 18.0 Å². The van der Waals surface area contributed by atoms with Crippen molar-refractivity contribution in [2.45, 2.75) is 26.9 Å². The highest BCUT2D eigenvalue weighted by molar-refractivity contribution is 7.16. The molecule has 1 fully saturated rings. The normalized spacial score (nSPS) is 14.4. The summed E-state index contributed by atoms with van der Waals surface area (Å²) in [6.07, 6.45) is -0.0932. The molecule has 0 saturated carbocycles. The van der Waals surface area contributed by atoms with Crippen molar-refractivity contribution >= 4 is 39.2 Å². The molecule has 0 unspecified atom stereocenters. The van der Waals surface area contributed by atoms with Crippen LogP contribution in [0.15, 0.2) is 29.6 Å².